The molecule has 1 aliphatic heterocycles. The van der Waals surface area contributed by atoms with Crippen molar-refractivity contribution in [2.45, 2.75) is 38.2 Å². The van der Waals surface area contributed by atoms with Gasteiger partial charge in [-0.15, -0.1) is 5.10 Å². The normalized spacial score (nSPS) is 19.9. The molecular weight excluding hydrogens is 436 g/mol. The molecule has 29 heavy (non-hydrogen) atoms. The zero-order valence-electron chi connectivity index (χ0n) is 16.2. The summed E-state index contributed by atoms with van der Waals surface area (Å²) in [7, 11) is 0. The van der Waals surface area contributed by atoms with Gasteiger partial charge in [0, 0.05) is 17.6 Å². The third kappa shape index (κ3) is 4.28. The highest BCUT2D eigenvalue weighted by molar-refractivity contribution is 9.10. The molecule has 0 radical (unpaired) electrons. The number of carbonyl (C=O) groups excluding carboxylic acids is 1. The molecule has 1 saturated heterocycles. The number of aryl methyl sites for hydroxylation is 1. The second-order valence-corrected chi connectivity index (χ2v) is 8.42. The second-order valence-electron chi connectivity index (χ2n) is 7.50. The van der Waals surface area contributed by atoms with Crippen LogP contribution >= 0.6 is 15.9 Å². The Bertz CT molecular complexity index is 1000. The highest BCUT2D eigenvalue weighted by Crippen LogP contribution is 2.32. The number of halogens is 1. The van der Waals surface area contributed by atoms with E-state index in [1.165, 1.54) is 0 Å². The van der Waals surface area contributed by atoms with Crippen LogP contribution in [0.25, 0.3) is 5.69 Å². The Balaban J connectivity index is 1.47. The monoisotopic (exact) mass is 458 g/mol. The van der Waals surface area contributed by atoms with Crippen LogP contribution in [0.3, 0.4) is 0 Å². The lowest BCUT2D eigenvalue weighted by Gasteiger charge is -2.24. The fourth-order valence-corrected chi connectivity index (χ4v) is 4.24. The van der Waals surface area contributed by atoms with Crippen molar-refractivity contribution in [3.63, 3.8) is 0 Å². The molecule has 0 spiro atoms. The summed E-state index contributed by atoms with van der Waals surface area (Å²) < 4.78 is 7.97. The molecule has 4 rings (SSSR count). The van der Waals surface area contributed by atoms with Crippen molar-refractivity contribution in [3.8, 4) is 5.69 Å². The molecule has 1 aromatic carbocycles. The molecule has 3 aromatic rings. The van der Waals surface area contributed by atoms with Crippen LogP contribution < -0.4 is 0 Å². The number of aliphatic hydroxyl groups is 1. The van der Waals surface area contributed by atoms with Gasteiger partial charge in [-0.3, -0.25) is 4.79 Å². The van der Waals surface area contributed by atoms with E-state index < -0.39 is 5.60 Å². The lowest BCUT2D eigenvalue weighted by Crippen LogP contribution is -2.34. The van der Waals surface area contributed by atoms with E-state index in [2.05, 4.69) is 26.2 Å². The van der Waals surface area contributed by atoms with E-state index in [1.54, 1.807) is 34.2 Å². The average Bonchev–Trinajstić information content (AvgIpc) is 3.33. The first-order valence-corrected chi connectivity index (χ1v) is 10.5. The van der Waals surface area contributed by atoms with Crippen molar-refractivity contribution >= 4 is 21.8 Å². The first kappa shape index (κ1) is 19.8. The van der Waals surface area contributed by atoms with Gasteiger partial charge in [0.05, 0.1) is 24.6 Å². The Morgan fingerprint density at radius 2 is 2.17 bits per heavy atom. The molecule has 8 heteroatoms. The van der Waals surface area contributed by atoms with E-state index in [4.69, 9.17) is 4.42 Å². The molecule has 0 bridgehead atoms. The first-order chi connectivity index (χ1) is 13.9. The maximum absolute atomic E-state index is 12.6. The Hall–Kier alpha value is -2.45. The van der Waals surface area contributed by atoms with Gasteiger partial charge in [0.2, 0.25) is 5.91 Å². The third-order valence-corrected chi connectivity index (χ3v) is 5.94. The van der Waals surface area contributed by atoms with E-state index >= 15 is 0 Å². The predicted octanol–water partition coefficient (Wildman–Crippen LogP) is 3.37. The van der Waals surface area contributed by atoms with E-state index in [0.29, 0.717) is 43.8 Å². The molecule has 0 saturated carbocycles. The van der Waals surface area contributed by atoms with E-state index in [-0.39, 0.29) is 12.3 Å². The Morgan fingerprint density at radius 1 is 1.31 bits per heavy atom. The van der Waals surface area contributed by atoms with Crippen LogP contribution in [0.4, 0.5) is 0 Å². The van der Waals surface area contributed by atoms with Crippen LogP contribution in [0.2, 0.25) is 0 Å². The molecule has 1 fully saturated rings. The number of carbonyl (C=O) groups is 1. The van der Waals surface area contributed by atoms with Crippen LogP contribution in [-0.2, 0) is 16.8 Å². The van der Waals surface area contributed by atoms with E-state index in [1.807, 2.05) is 25.1 Å². The molecule has 152 valence electrons. The summed E-state index contributed by atoms with van der Waals surface area (Å²) in [6, 6.07) is 9.50. The quantitative estimate of drug-likeness (QED) is 0.647. The predicted molar refractivity (Wildman–Crippen MR) is 111 cm³/mol. The van der Waals surface area contributed by atoms with Crippen LogP contribution in [0.1, 0.15) is 36.3 Å². The van der Waals surface area contributed by atoms with Crippen molar-refractivity contribution < 1.29 is 14.3 Å². The molecule has 1 amide bonds. The van der Waals surface area contributed by atoms with Gasteiger partial charge >= 0.3 is 0 Å². The number of furan rings is 1. The van der Waals surface area contributed by atoms with Crippen LogP contribution in [0, 0.1) is 6.92 Å². The summed E-state index contributed by atoms with van der Waals surface area (Å²) in [6.45, 7) is 3.09. The third-order valence-electron chi connectivity index (χ3n) is 5.45. The van der Waals surface area contributed by atoms with Crippen LogP contribution in [0.15, 0.2) is 51.7 Å². The minimum absolute atomic E-state index is 0.0124. The van der Waals surface area contributed by atoms with Gasteiger partial charge in [0.25, 0.3) is 0 Å². The van der Waals surface area contributed by atoms with E-state index in [9.17, 15) is 9.90 Å². The number of rotatable bonds is 4. The topological polar surface area (TPSA) is 84.4 Å². The minimum atomic E-state index is -1.10. The summed E-state index contributed by atoms with van der Waals surface area (Å²) in [6.07, 6.45) is 5.26. The summed E-state index contributed by atoms with van der Waals surface area (Å²) in [4.78, 5) is 14.4. The first-order valence-electron chi connectivity index (χ1n) is 9.66. The highest BCUT2D eigenvalue weighted by Gasteiger charge is 2.36. The van der Waals surface area contributed by atoms with Gasteiger partial charge in [0.15, 0.2) is 0 Å². The second kappa shape index (κ2) is 8.12. The average molecular weight is 459 g/mol. The van der Waals surface area contributed by atoms with Gasteiger partial charge in [-0.1, -0.05) is 21.1 Å². The van der Waals surface area contributed by atoms with Crippen LogP contribution in [-0.4, -0.2) is 44.0 Å². The number of amides is 1. The molecule has 1 aliphatic rings. The van der Waals surface area contributed by atoms with Crippen molar-refractivity contribution in [1.29, 1.82) is 0 Å². The zero-order chi connectivity index (χ0) is 20.4. The summed E-state index contributed by atoms with van der Waals surface area (Å²) >= 11 is 3.47. The SMILES string of the molecule is Cc1cc(Br)ccc1-n1cc(C2(O)CCCN(C(=O)Cc3ccco3)CC2)nn1. The zero-order valence-corrected chi connectivity index (χ0v) is 17.8. The lowest BCUT2D eigenvalue weighted by molar-refractivity contribution is -0.130. The molecule has 1 N–H and O–H groups in total. The van der Waals surface area contributed by atoms with Crippen molar-refractivity contribution in [2.24, 2.45) is 0 Å². The number of nitrogens with zero attached hydrogens (tertiary/aromatic N) is 4. The standard InChI is InChI=1S/C21H23BrN4O3/c1-15-12-16(22)5-6-18(15)26-14-19(23-24-26)21(28)7-3-9-25(10-8-21)20(27)13-17-4-2-11-29-17/h2,4-6,11-12,14,28H,3,7-10,13H2,1H3. The maximum Gasteiger partial charge on any atom is 0.230 e. The van der Waals surface area contributed by atoms with Gasteiger partial charge in [-0.2, -0.15) is 0 Å². The number of likely N-dealkylation sites (tertiary alicyclic amines) is 1. The number of benzene rings is 1. The number of hydrogen-bond acceptors (Lipinski definition) is 5. The lowest BCUT2D eigenvalue weighted by atomic mass is 9.92. The molecule has 2 aromatic heterocycles. The molecule has 0 aliphatic carbocycles. The van der Waals surface area contributed by atoms with Crippen LogP contribution in [0.5, 0.6) is 0 Å². The Labute approximate surface area is 177 Å². The van der Waals surface area contributed by atoms with Gasteiger partial charge in [-0.05, 0) is 62.1 Å². The molecule has 1 unspecified atom stereocenters. The number of aromatic nitrogens is 3. The largest absolute Gasteiger partial charge is 0.469 e. The minimum Gasteiger partial charge on any atom is -0.469 e. The molecular formula is C21H23BrN4O3. The van der Waals surface area contributed by atoms with Gasteiger partial charge in [0.1, 0.15) is 17.1 Å². The number of hydrogen-bond donors (Lipinski definition) is 1. The van der Waals surface area contributed by atoms with Gasteiger partial charge < -0.3 is 14.4 Å². The summed E-state index contributed by atoms with van der Waals surface area (Å²) in [5, 5.41) is 19.8. The molecule has 7 nitrogen and oxygen atoms in total. The van der Waals surface area contributed by atoms with E-state index in [0.717, 1.165) is 15.7 Å². The van der Waals surface area contributed by atoms with Gasteiger partial charge in [-0.25, -0.2) is 4.68 Å². The Kier molecular flexibility index (Phi) is 5.56. The summed E-state index contributed by atoms with van der Waals surface area (Å²) in [5.74, 6) is 0.667. The fraction of sp³-hybridized carbons (Fsp3) is 0.381. The molecule has 3 heterocycles. The maximum atomic E-state index is 12.6. The highest BCUT2D eigenvalue weighted by atomic mass is 79.9. The van der Waals surface area contributed by atoms with Crippen molar-refractivity contribution in [2.75, 3.05) is 13.1 Å². The fourth-order valence-electron chi connectivity index (χ4n) is 3.77. The van der Waals surface area contributed by atoms with Crippen molar-refractivity contribution in [3.05, 3.63) is 64.3 Å². The summed E-state index contributed by atoms with van der Waals surface area (Å²) in [5.41, 5.74) is 1.42. The van der Waals surface area contributed by atoms with Crippen molar-refractivity contribution in [1.82, 2.24) is 19.9 Å². The Morgan fingerprint density at radius 3 is 2.93 bits per heavy atom. The smallest absolute Gasteiger partial charge is 0.230 e. The molecule has 1 atom stereocenters.